The van der Waals surface area contributed by atoms with Crippen molar-refractivity contribution in [3.05, 3.63) is 32.4 Å². The highest BCUT2D eigenvalue weighted by Gasteiger charge is 2.23. The molecule has 15 heavy (non-hydrogen) atoms. The Morgan fingerprint density at radius 1 is 0.933 bits per heavy atom. The van der Waals surface area contributed by atoms with Crippen molar-refractivity contribution in [2.24, 2.45) is 0 Å². The summed E-state index contributed by atoms with van der Waals surface area (Å²) in [5, 5.41) is 0. The zero-order valence-corrected chi connectivity index (χ0v) is 10.2. The molecule has 0 N–H and O–H groups in total. The number of benzene rings is 1. The molecule has 0 aliphatic carbocycles. The molecule has 0 nitrogen and oxygen atoms in total. The average molecular weight is 332 g/mol. The van der Waals surface area contributed by atoms with Crippen LogP contribution >= 0.6 is 22.6 Å². The van der Waals surface area contributed by atoms with Gasteiger partial charge < -0.3 is 0 Å². The molecular formula is C10H9F4I. The van der Waals surface area contributed by atoms with E-state index in [4.69, 9.17) is 0 Å². The highest BCUT2D eigenvalue weighted by Crippen LogP contribution is 2.26. The zero-order valence-electron chi connectivity index (χ0n) is 8.01. The van der Waals surface area contributed by atoms with E-state index in [-0.39, 0.29) is 15.6 Å². The highest BCUT2D eigenvalue weighted by molar-refractivity contribution is 14.1. The van der Waals surface area contributed by atoms with Crippen LogP contribution in [0.1, 0.15) is 25.3 Å². The predicted octanol–water partition coefficient (Wildman–Crippen LogP) is 4.19. The normalized spacial score (nSPS) is 10.8. The molecule has 1 aromatic carbocycles. The molecule has 0 fully saturated rings. The predicted molar refractivity (Wildman–Crippen MR) is 57.6 cm³/mol. The molecule has 0 saturated carbocycles. The second-order valence-electron chi connectivity index (χ2n) is 3.15. The highest BCUT2D eigenvalue weighted by atomic mass is 127. The second kappa shape index (κ2) is 5.14. The standard InChI is InChI=1S/C10H9F4I/c1-2-3-4-5-6(11)7(12)8(13)9(14)10(5)15/h2-4H2,1H3. The summed E-state index contributed by atoms with van der Waals surface area (Å²) < 4.78 is 51.8. The molecule has 0 saturated heterocycles. The van der Waals surface area contributed by atoms with Gasteiger partial charge in [-0.1, -0.05) is 13.3 Å². The third kappa shape index (κ3) is 2.43. The van der Waals surface area contributed by atoms with E-state index in [0.717, 1.165) is 6.42 Å². The molecule has 0 bridgehead atoms. The quantitative estimate of drug-likeness (QED) is 0.337. The van der Waals surface area contributed by atoms with Gasteiger partial charge in [0.05, 0.1) is 3.57 Å². The minimum absolute atomic E-state index is 0.0751. The Morgan fingerprint density at radius 3 is 2.00 bits per heavy atom. The van der Waals surface area contributed by atoms with Crippen molar-refractivity contribution < 1.29 is 17.6 Å². The average Bonchev–Trinajstić information content (AvgIpc) is 2.24. The lowest BCUT2D eigenvalue weighted by Crippen LogP contribution is -2.06. The Bertz CT molecular complexity index is 347. The van der Waals surface area contributed by atoms with Gasteiger partial charge in [0.25, 0.3) is 0 Å². The molecular weight excluding hydrogens is 323 g/mol. The van der Waals surface area contributed by atoms with E-state index in [1.165, 1.54) is 22.6 Å². The lowest BCUT2D eigenvalue weighted by molar-refractivity contribution is 0.399. The molecule has 0 aromatic heterocycles. The van der Waals surface area contributed by atoms with Crippen molar-refractivity contribution in [1.82, 2.24) is 0 Å². The van der Waals surface area contributed by atoms with E-state index in [0.29, 0.717) is 6.42 Å². The third-order valence-electron chi connectivity index (χ3n) is 2.08. The van der Waals surface area contributed by atoms with Gasteiger partial charge in [0.2, 0.25) is 0 Å². The first-order chi connectivity index (χ1) is 7.00. The fraction of sp³-hybridized carbons (Fsp3) is 0.400. The maximum absolute atomic E-state index is 13.2. The first-order valence-corrected chi connectivity index (χ1v) is 5.58. The van der Waals surface area contributed by atoms with E-state index in [1.54, 1.807) is 0 Å². The molecule has 0 unspecified atom stereocenters. The summed E-state index contributed by atoms with van der Waals surface area (Å²) in [6, 6.07) is 0. The minimum atomic E-state index is -1.74. The van der Waals surface area contributed by atoms with Gasteiger partial charge in [0.15, 0.2) is 23.3 Å². The van der Waals surface area contributed by atoms with Crippen LogP contribution in [-0.2, 0) is 6.42 Å². The van der Waals surface area contributed by atoms with Crippen LogP contribution in [0.3, 0.4) is 0 Å². The Hall–Kier alpha value is -0.330. The summed E-state index contributed by atoms with van der Waals surface area (Å²) in [5.74, 6) is -6.04. The molecule has 0 heterocycles. The Labute approximate surface area is 98.8 Å². The van der Waals surface area contributed by atoms with Crippen molar-refractivity contribution in [3.8, 4) is 0 Å². The minimum Gasteiger partial charge on any atom is -0.203 e. The summed E-state index contributed by atoms with van der Waals surface area (Å²) in [6.07, 6.45) is 1.60. The molecule has 84 valence electrons. The van der Waals surface area contributed by atoms with Crippen LogP contribution in [0.5, 0.6) is 0 Å². The van der Waals surface area contributed by atoms with Crippen LogP contribution in [0.25, 0.3) is 0 Å². The lowest BCUT2D eigenvalue weighted by Gasteiger charge is -2.08. The fourth-order valence-corrected chi connectivity index (χ4v) is 1.97. The van der Waals surface area contributed by atoms with Crippen molar-refractivity contribution in [2.75, 3.05) is 0 Å². The number of unbranched alkanes of at least 4 members (excludes halogenated alkanes) is 1. The first-order valence-electron chi connectivity index (χ1n) is 4.51. The maximum Gasteiger partial charge on any atom is 0.198 e. The van der Waals surface area contributed by atoms with Crippen molar-refractivity contribution in [1.29, 1.82) is 0 Å². The van der Waals surface area contributed by atoms with E-state index in [9.17, 15) is 17.6 Å². The molecule has 1 rings (SSSR count). The smallest absolute Gasteiger partial charge is 0.198 e. The fourth-order valence-electron chi connectivity index (χ4n) is 1.22. The van der Waals surface area contributed by atoms with Gasteiger partial charge >= 0.3 is 0 Å². The number of hydrogen-bond acceptors (Lipinski definition) is 0. The molecule has 0 aliphatic heterocycles. The Kier molecular flexibility index (Phi) is 4.36. The largest absolute Gasteiger partial charge is 0.203 e. The lowest BCUT2D eigenvalue weighted by atomic mass is 10.1. The number of hydrogen-bond donors (Lipinski definition) is 0. The molecule has 0 radical (unpaired) electrons. The zero-order chi connectivity index (χ0) is 11.6. The van der Waals surface area contributed by atoms with E-state index in [2.05, 4.69) is 0 Å². The van der Waals surface area contributed by atoms with Gasteiger partial charge in [-0.2, -0.15) is 0 Å². The van der Waals surface area contributed by atoms with E-state index >= 15 is 0 Å². The Balaban J connectivity index is 3.26. The summed E-state index contributed by atoms with van der Waals surface area (Å²) in [6.45, 7) is 1.88. The van der Waals surface area contributed by atoms with Crippen LogP contribution in [0.2, 0.25) is 0 Å². The van der Waals surface area contributed by atoms with E-state index < -0.39 is 23.3 Å². The SMILES string of the molecule is CCCCc1c(F)c(F)c(F)c(F)c1I. The van der Waals surface area contributed by atoms with Gasteiger partial charge in [-0.25, -0.2) is 17.6 Å². The summed E-state index contributed by atoms with van der Waals surface area (Å²) in [5.41, 5.74) is -0.0751. The molecule has 0 amide bonds. The summed E-state index contributed by atoms with van der Waals surface area (Å²) >= 11 is 1.49. The van der Waals surface area contributed by atoms with Gasteiger partial charge in [0.1, 0.15) is 0 Å². The molecule has 0 spiro atoms. The Morgan fingerprint density at radius 2 is 1.47 bits per heavy atom. The van der Waals surface area contributed by atoms with Crippen LogP contribution in [0.15, 0.2) is 0 Å². The van der Waals surface area contributed by atoms with Gasteiger partial charge in [-0.15, -0.1) is 0 Å². The van der Waals surface area contributed by atoms with Crippen LogP contribution in [0, 0.1) is 26.8 Å². The molecule has 1 aromatic rings. The van der Waals surface area contributed by atoms with Crippen molar-refractivity contribution in [3.63, 3.8) is 0 Å². The van der Waals surface area contributed by atoms with Gasteiger partial charge in [-0.05, 0) is 35.4 Å². The number of halogens is 5. The van der Waals surface area contributed by atoms with Crippen LogP contribution < -0.4 is 0 Å². The number of rotatable bonds is 3. The summed E-state index contributed by atoms with van der Waals surface area (Å²) in [4.78, 5) is 0. The van der Waals surface area contributed by atoms with Crippen LogP contribution in [0.4, 0.5) is 17.6 Å². The van der Waals surface area contributed by atoms with Crippen LogP contribution in [-0.4, -0.2) is 0 Å². The molecule has 0 atom stereocenters. The monoisotopic (exact) mass is 332 g/mol. The third-order valence-corrected chi connectivity index (χ3v) is 3.21. The van der Waals surface area contributed by atoms with Crippen molar-refractivity contribution in [2.45, 2.75) is 26.2 Å². The van der Waals surface area contributed by atoms with E-state index in [1.807, 2.05) is 6.92 Å². The first kappa shape index (κ1) is 12.7. The summed E-state index contributed by atoms with van der Waals surface area (Å²) in [7, 11) is 0. The second-order valence-corrected chi connectivity index (χ2v) is 4.23. The molecule has 5 heteroatoms. The maximum atomic E-state index is 13.2. The van der Waals surface area contributed by atoms with Gasteiger partial charge in [-0.3, -0.25) is 0 Å². The topological polar surface area (TPSA) is 0 Å². The molecule has 0 aliphatic rings. The van der Waals surface area contributed by atoms with Crippen molar-refractivity contribution >= 4 is 22.6 Å². The van der Waals surface area contributed by atoms with Gasteiger partial charge in [0, 0.05) is 5.56 Å².